The van der Waals surface area contributed by atoms with Gasteiger partial charge in [-0.15, -0.1) is 17.8 Å². The minimum absolute atomic E-state index is 0.120. The van der Waals surface area contributed by atoms with Gasteiger partial charge in [-0.1, -0.05) is 42.3 Å². The second-order valence-corrected chi connectivity index (χ2v) is 7.19. The number of carbonyl (C=O) groups excluding carboxylic acids is 1. The van der Waals surface area contributed by atoms with E-state index < -0.39 is 0 Å². The third kappa shape index (κ3) is 5.16. The van der Waals surface area contributed by atoms with Gasteiger partial charge in [-0.05, 0) is 42.8 Å². The molecule has 1 aromatic carbocycles. The Kier molecular flexibility index (Phi) is 6.19. The van der Waals surface area contributed by atoms with Crippen molar-refractivity contribution >= 4 is 23.3 Å². The van der Waals surface area contributed by atoms with Gasteiger partial charge in [0.05, 0.1) is 18.8 Å². The summed E-state index contributed by atoms with van der Waals surface area (Å²) in [6, 6.07) is 20.0. The number of amides is 1. The van der Waals surface area contributed by atoms with Crippen LogP contribution in [0.4, 0.5) is 0 Å². The molecule has 0 unspecified atom stereocenters. The monoisotopic (exact) mass is 372 g/mol. The van der Waals surface area contributed by atoms with Crippen LogP contribution < -0.4 is 0 Å². The highest BCUT2D eigenvalue weighted by molar-refractivity contribution is 7.16. The molecule has 0 N–H and O–H groups in total. The third-order valence-corrected chi connectivity index (χ3v) is 5.07. The fourth-order valence-electron chi connectivity index (χ4n) is 2.66. The predicted octanol–water partition coefficient (Wildman–Crippen LogP) is 4.79. The van der Waals surface area contributed by atoms with E-state index in [1.807, 2.05) is 55.5 Å². The first-order valence-corrected chi connectivity index (χ1v) is 9.45. The van der Waals surface area contributed by atoms with Crippen LogP contribution in [-0.2, 0) is 11.3 Å². The number of hydrogen-bond acceptors (Lipinski definition) is 3. The Morgan fingerprint density at radius 3 is 2.70 bits per heavy atom. The zero-order valence-electron chi connectivity index (χ0n) is 15.1. The summed E-state index contributed by atoms with van der Waals surface area (Å²) in [4.78, 5) is 20.9. The van der Waals surface area contributed by atoms with Gasteiger partial charge >= 0.3 is 0 Å². The number of aromatic nitrogens is 1. The topological polar surface area (TPSA) is 33.2 Å². The number of carbonyl (C=O) groups is 1. The molecule has 0 aliphatic carbocycles. The average molecular weight is 372 g/mol. The lowest BCUT2D eigenvalue weighted by Crippen LogP contribution is -2.29. The Balaban J connectivity index is 1.70. The van der Waals surface area contributed by atoms with Gasteiger partial charge in [-0.25, -0.2) is 0 Å². The Labute approximate surface area is 164 Å². The quantitative estimate of drug-likeness (QED) is 0.460. The van der Waals surface area contributed by atoms with E-state index in [9.17, 15) is 4.79 Å². The van der Waals surface area contributed by atoms with Crippen molar-refractivity contribution in [1.82, 2.24) is 9.88 Å². The largest absolute Gasteiger partial charge is 0.322 e. The van der Waals surface area contributed by atoms with Crippen LogP contribution in [0.25, 0.3) is 16.5 Å². The molecule has 27 heavy (non-hydrogen) atoms. The number of hydrogen-bond donors (Lipinski definition) is 0. The van der Waals surface area contributed by atoms with Crippen molar-refractivity contribution in [2.24, 2.45) is 0 Å². The van der Waals surface area contributed by atoms with Crippen LogP contribution in [-0.4, -0.2) is 22.3 Å². The second kappa shape index (κ2) is 8.98. The number of terminal acetylenes is 1. The minimum Gasteiger partial charge on any atom is -0.322 e. The molecule has 3 nitrogen and oxygen atoms in total. The van der Waals surface area contributed by atoms with E-state index in [0.29, 0.717) is 6.54 Å². The van der Waals surface area contributed by atoms with Gasteiger partial charge < -0.3 is 4.90 Å². The van der Waals surface area contributed by atoms with Gasteiger partial charge in [0.1, 0.15) is 0 Å². The summed E-state index contributed by atoms with van der Waals surface area (Å²) in [6.07, 6.45) is 8.86. The molecule has 0 bridgehead atoms. The van der Waals surface area contributed by atoms with Gasteiger partial charge in [0.25, 0.3) is 0 Å². The molecule has 0 saturated carbocycles. The molecule has 0 aliphatic heterocycles. The lowest BCUT2D eigenvalue weighted by atomic mass is 10.2. The van der Waals surface area contributed by atoms with Crippen LogP contribution in [0.15, 0.2) is 66.7 Å². The van der Waals surface area contributed by atoms with Crippen LogP contribution >= 0.6 is 11.3 Å². The molecule has 0 aliphatic rings. The highest BCUT2D eigenvalue weighted by Crippen LogP contribution is 2.28. The second-order valence-electron chi connectivity index (χ2n) is 6.07. The predicted molar refractivity (Wildman–Crippen MR) is 112 cm³/mol. The van der Waals surface area contributed by atoms with Crippen molar-refractivity contribution in [3.05, 3.63) is 83.0 Å². The Hall–Kier alpha value is -3.16. The van der Waals surface area contributed by atoms with E-state index in [1.165, 1.54) is 10.4 Å². The van der Waals surface area contributed by atoms with E-state index in [1.54, 1.807) is 22.3 Å². The summed E-state index contributed by atoms with van der Waals surface area (Å²) in [6.45, 7) is 2.57. The fraction of sp³-hybridized carbons (Fsp3) is 0.130. The van der Waals surface area contributed by atoms with Crippen LogP contribution in [0.5, 0.6) is 0 Å². The molecule has 0 atom stereocenters. The maximum Gasteiger partial charge on any atom is 0.247 e. The summed E-state index contributed by atoms with van der Waals surface area (Å²) in [5.41, 5.74) is 2.92. The lowest BCUT2D eigenvalue weighted by Gasteiger charge is -2.18. The van der Waals surface area contributed by atoms with Crippen molar-refractivity contribution in [2.45, 2.75) is 13.5 Å². The number of thiophene rings is 1. The minimum atomic E-state index is -0.120. The summed E-state index contributed by atoms with van der Waals surface area (Å²) in [5, 5.41) is 0. The first kappa shape index (κ1) is 18.6. The number of benzene rings is 1. The van der Waals surface area contributed by atoms with Crippen LogP contribution in [0.1, 0.15) is 16.3 Å². The van der Waals surface area contributed by atoms with E-state index in [0.717, 1.165) is 16.3 Å². The molecule has 134 valence electrons. The van der Waals surface area contributed by atoms with E-state index >= 15 is 0 Å². The zero-order chi connectivity index (χ0) is 19.1. The molecule has 0 spiro atoms. The number of nitrogens with zero attached hydrogens (tertiary/aromatic N) is 2. The molecule has 0 fully saturated rings. The van der Waals surface area contributed by atoms with E-state index in [-0.39, 0.29) is 12.5 Å². The summed E-state index contributed by atoms with van der Waals surface area (Å²) < 4.78 is 0. The summed E-state index contributed by atoms with van der Waals surface area (Å²) in [7, 11) is 0. The number of aryl methyl sites for hydroxylation is 1. The fourth-order valence-corrected chi connectivity index (χ4v) is 3.58. The standard InChI is InChI=1S/C23H20N2OS/c1-3-16-25(17-20-11-7-8-18(2)24-20)23(26)15-13-21-12-14-22(27-21)19-9-5-4-6-10-19/h1,4-15H,16-17H2,2H3/b15-13+. The number of pyridine rings is 1. The molecule has 3 aromatic rings. The van der Waals surface area contributed by atoms with Crippen LogP contribution in [0, 0.1) is 19.3 Å². The Morgan fingerprint density at radius 2 is 1.96 bits per heavy atom. The van der Waals surface area contributed by atoms with Gasteiger partial charge in [-0.2, -0.15) is 0 Å². The molecular formula is C23H20N2OS. The molecule has 1 amide bonds. The highest BCUT2D eigenvalue weighted by atomic mass is 32.1. The first-order valence-electron chi connectivity index (χ1n) is 8.64. The zero-order valence-corrected chi connectivity index (χ0v) is 15.9. The van der Waals surface area contributed by atoms with Gasteiger partial charge in [0.2, 0.25) is 5.91 Å². The van der Waals surface area contributed by atoms with Crippen LogP contribution in [0.2, 0.25) is 0 Å². The van der Waals surface area contributed by atoms with Crippen molar-refractivity contribution in [3.8, 4) is 22.8 Å². The average Bonchev–Trinajstić information content (AvgIpc) is 3.16. The normalized spacial score (nSPS) is 10.7. The van der Waals surface area contributed by atoms with Crippen molar-refractivity contribution in [2.75, 3.05) is 6.54 Å². The smallest absolute Gasteiger partial charge is 0.247 e. The highest BCUT2D eigenvalue weighted by Gasteiger charge is 2.11. The van der Waals surface area contributed by atoms with Crippen molar-refractivity contribution < 1.29 is 4.79 Å². The maximum atomic E-state index is 12.6. The molecule has 2 aromatic heterocycles. The van der Waals surface area contributed by atoms with Crippen LogP contribution in [0.3, 0.4) is 0 Å². The first-order chi connectivity index (χ1) is 13.2. The molecule has 3 rings (SSSR count). The Morgan fingerprint density at radius 1 is 1.15 bits per heavy atom. The Bertz CT molecular complexity index is 983. The van der Waals surface area contributed by atoms with E-state index in [2.05, 4.69) is 29.1 Å². The molecule has 0 saturated heterocycles. The third-order valence-electron chi connectivity index (χ3n) is 3.97. The number of rotatable bonds is 6. The van der Waals surface area contributed by atoms with Gasteiger partial charge in [0.15, 0.2) is 0 Å². The van der Waals surface area contributed by atoms with E-state index in [4.69, 9.17) is 6.42 Å². The van der Waals surface area contributed by atoms with Crippen molar-refractivity contribution in [3.63, 3.8) is 0 Å². The molecular weight excluding hydrogens is 352 g/mol. The molecule has 4 heteroatoms. The molecule has 2 heterocycles. The summed E-state index contributed by atoms with van der Waals surface area (Å²) >= 11 is 1.65. The van der Waals surface area contributed by atoms with Gasteiger partial charge in [-0.3, -0.25) is 9.78 Å². The maximum absolute atomic E-state index is 12.6. The van der Waals surface area contributed by atoms with Gasteiger partial charge in [0, 0.05) is 21.5 Å². The molecule has 0 radical (unpaired) electrons. The summed E-state index contributed by atoms with van der Waals surface area (Å²) in [5.74, 6) is 2.43. The SMILES string of the molecule is C#CCN(Cc1cccc(C)n1)C(=O)/C=C/c1ccc(-c2ccccc2)s1. The lowest BCUT2D eigenvalue weighted by molar-refractivity contribution is -0.125. The van der Waals surface area contributed by atoms with Crippen molar-refractivity contribution in [1.29, 1.82) is 0 Å².